The molecule has 0 bridgehead atoms. The van der Waals surface area contributed by atoms with Gasteiger partial charge in [-0.3, -0.25) is 9.59 Å². The molecule has 0 aliphatic rings. The molecule has 0 unspecified atom stereocenters. The molecule has 0 aliphatic carbocycles. The number of carboxylic acid groups (broad SMARTS) is 1. The van der Waals surface area contributed by atoms with E-state index in [9.17, 15) is 9.59 Å². The van der Waals surface area contributed by atoms with E-state index >= 15 is 0 Å². The Morgan fingerprint density at radius 2 is 2.22 bits per heavy atom. The lowest BCUT2D eigenvalue weighted by atomic mass is 9.92. The van der Waals surface area contributed by atoms with Crippen LogP contribution < -0.4 is 5.32 Å². The molecule has 0 atom stereocenters. The van der Waals surface area contributed by atoms with Crippen molar-refractivity contribution < 1.29 is 14.7 Å². The van der Waals surface area contributed by atoms with Gasteiger partial charge in [0.1, 0.15) is 6.33 Å². The molecule has 0 aliphatic heterocycles. The number of nitrogens with zero attached hydrogens (tertiary/aromatic N) is 3. The molecule has 1 amide bonds. The van der Waals surface area contributed by atoms with Crippen molar-refractivity contribution in [3.63, 3.8) is 0 Å². The van der Waals surface area contributed by atoms with Crippen molar-refractivity contribution >= 4 is 23.6 Å². The number of hydrogen-bond donors (Lipinski definition) is 2. The Balaban J connectivity index is 2.76. The van der Waals surface area contributed by atoms with Crippen LogP contribution in [0.2, 0.25) is 0 Å². The van der Waals surface area contributed by atoms with Crippen LogP contribution in [0.25, 0.3) is 0 Å². The van der Waals surface area contributed by atoms with E-state index in [0.717, 1.165) is 11.8 Å². The Hall–Kier alpha value is -1.57. The van der Waals surface area contributed by atoms with E-state index in [-0.39, 0.29) is 11.7 Å². The van der Waals surface area contributed by atoms with Gasteiger partial charge in [-0.25, -0.2) is 0 Å². The van der Waals surface area contributed by atoms with Crippen LogP contribution in [0.5, 0.6) is 0 Å². The molecule has 18 heavy (non-hydrogen) atoms. The smallest absolute Gasteiger partial charge is 0.313 e. The second-order valence-corrected chi connectivity index (χ2v) is 5.33. The van der Waals surface area contributed by atoms with E-state index in [1.807, 2.05) is 0 Å². The summed E-state index contributed by atoms with van der Waals surface area (Å²) in [6, 6.07) is 0. The Morgan fingerprint density at radius 3 is 2.78 bits per heavy atom. The quantitative estimate of drug-likeness (QED) is 0.719. The zero-order chi connectivity index (χ0) is 13.8. The van der Waals surface area contributed by atoms with Gasteiger partial charge in [-0.15, -0.1) is 10.2 Å². The van der Waals surface area contributed by atoms with Crippen molar-refractivity contribution in [2.45, 2.75) is 25.5 Å². The zero-order valence-electron chi connectivity index (χ0n) is 10.5. The summed E-state index contributed by atoms with van der Waals surface area (Å²) in [6.45, 7) is 4.00. The number of aromatic nitrogens is 3. The fourth-order valence-electron chi connectivity index (χ4n) is 1.43. The number of carbonyl (C=O) groups excluding carboxylic acids is 1. The summed E-state index contributed by atoms with van der Waals surface area (Å²) < 4.78 is 1.68. The van der Waals surface area contributed by atoms with E-state index in [0.29, 0.717) is 11.7 Å². The molecule has 0 fully saturated rings. The fraction of sp³-hybridized carbons (Fsp3) is 0.600. The van der Waals surface area contributed by atoms with Gasteiger partial charge in [0, 0.05) is 13.6 Å². The molecule has 100 valence electrons. The molecular formula is C10H16N4O3S. The van der Waals surface area contributed by atoms with Gasteiger partial charge in [-0.2, -0.15) is 0 Å². The summed E-state index contributed by atoms with van der Waals surface area (Å²) in [7, 11) is 1.58. The van der Waals surface area contributed by atoms with E-state index < -0.39 is 11.4 Å². The summed E-state index contributed by atoms with van der Waals surface area (Å²) in [6.07, 6.45) is 1.49. The highest BCUT2D eigenvalue weighted by atomic mass is 32.2. The third kappa shape index (κ3) is 3.73. The second kappa shape index (κ2) is 5.85. The first-order valence-corrected chi connectivity index (χ1v) is 6.30. The van der Waals surface area contributed by atoms with Crippen molar-refractivity contribution in [2.24, 2.45) is 5.41 Å². The van der Waals surface area contributed by atoms with Crippen molar-refractivity contribution in [1.29, 1.82) is 0 Å². The molecule has 0 radical (unpaired) electrons. The maximum atomic E-state index is 11.7. The maximum absolute atomic E-state index is 11.7. The molecule has 0 aromatic carbocycles. The molecule has 8 heteroatoms. The molecule has 1 aromatic heterocycles. The minimum absolute atomic E-state index is 0.0842. The van der Waals surface area contributed by atoms with Crippen LogP contribution in [0.3, 0.4) is 0 Å². The highest BCUT2D eigenvalue weighted by molar-refractivity contribution is 7.99. The SMILES string of the molecule is CNC(=O)C(C)(C)Cn1cnnc1SCC(=O)O. The van der Waals surface area contributed by atoms with E-state index in [1.165, 1.54) is 6.33 Å². The van der Waals surface area contributed by atoms with Crippen LogP contribution in [0.15, 0.2) is 11.5 Å². The predicted molar refractivity (Wildman–Crippen MR) is 66.2 cm³/mol. The summed E-state index contributed by atoms with van der Waals surface area (Å²) in [5, 5.41) is 19.3. The second-order valence-electron chi connectivity index (χ2n) is 4.39. The number of carbonyl (C=O) groups is 2. The maximum Gasteiger partial charge on any atom is 0.313 e. The normalized spacial score (nSPS) is 11.3. The van der Waals surface area contributed by atoms with Crippen molar-refractivity contribution in [3.8, 4) is 0 Å². The number of thioether (sulfide) groups is 1. The van der Waals surface area contributed by atoms with Crippen LogP contribution in [-0.4, -0.2) is 44.5 Å². The highest BCUT2D eigenvalue weighted by Crippen LogP contribution is 2.22. The Labute approximate surface area is 109 Å². The minimum atomic E-state index is -0.917. The van der Waals surface area contributed by atoms with Gasteiger partial charge in [-0.1, -0.05) is 11.8 Å². The number of rotatable bonds is 6. The molecule has 1 rings (SSSR count). The van der Waals surface area contributed by atoms with Gasteiger partial charge >= 0.3 is 5.97 Å². The van der Waals surface area contributed by atoms with Gasteiger partial charge in [0.2, 0.25) is 5.91 Å². The van der Waals surface area contributed by atoms with E-state index in [4.69, 9.17) is 5.11 Å². The van der Waals surface area contributed by atoms with Crippen LogP contribution in [0.1, 0.15) is 13.8 Å². The number of aliphatic carboxylic acids is 1. The molecule has 0 saturated heterocycles. The van der Waals surface area contributed by atoms with Crippen molar-refractivity contribution in [1.82, 2.24) is 20.1 Å². The van der Waals surface area contributed by atoms with Gasteiger partial charge in [0.15, 0.2) is 5.16 Å². The van der Waals surface area contributed by atoms with Gasteiger partial charge in [-0.05, 0) is 13.8 Å². The molecule has 1 heterocycles. The number of nitrogens with one attached hydrogen (secondary N) is 1. The summed E-state index contributed by atoms with van der Waals surface area (Å²) in [5.41, 5.74) is -0.615. The first-order chi connectivity index (χ1) is 8.36. The van der Waals surface area contributed by atoms with Gasteiger partial charge < -0.3 is 15.0 Å². The molecule has 7 nitrogen and oxygen atoms in total. The first kappa shape index (κ1) is 14.5. The summed E-state index contributed by atoms with van der Waals surface area (Å²) in [5.74, 6) is -1.09. The van der Waals surface area contributed by atoms with Crippen LogP contribution in [-0.2, 0) is 16.1 Å². The summed E-state index contributed by atoms with van der Waals surface area (Å²) in [4.78, 5) is 22.2. The average molecular weight is 272 g/mol. The van der Waals surface area contributed by atoms with E-state index in [1.54, 1.807) is 25.5 Å². The lowest BCUT2D eigenvalue weighted by Gasteiger charge is -2.23. The summed E-state index contributed by atoms with van der Waals surface area (Å²) >= 11 is 1.08. The number of amides is 1. The minimum Gasteiger partial charge on any atom is -0.481 e. The zero-order valence-corrected chi connectivity index (χ0v) is 11.3. The Bertz CT molecular complexity index is 444. The topological polar surface area (TPSA) is 97.1 Å². The molecule has 1 aromatic rings. The average Bonchev–Trinajstić information content (AvgIpc) is 2.71. The number of carboxylic acids is 1. The van der Waals surface area contributed by atoms with Crippen LogP contribution in [0.4, 0.5) is 0 Å². The van der Waals surface area contributed by atoms with E-state index in [2.05, 4.69) is 15.5 Å². The van der Waals surface area contributed by atoms with Crippen LogP contribution in [0, 0.1) is 5.41 Å². The highest BCUT2D eigenvalue weighted by Gasteiger charge is 2.28. The Kier molecular flexibility index (Phi) is 4.71. The molecule has 0 spiro atoms. The number of hydrogen-bond acceptors (Lipinski definition) is 5. The van der Waals surface area contributed by atoms with Gasteiger partial charge in [0.25, 0.3) is 0 Å². The lowest BCUT2D eigenvalue weighted by molar-refractivity contribution is -0.134. The Morgan fingerprint density at radius 1 is 1.56 bits per heavy atom. The van der Waals surface area contributed by atoms with Gasteiger partial charge in [0.05, 0.1) is 11.2 Å². The lowest BCUT2D eigenvalue weighted by Crippen LogP contribution is -2.37. The molecule has 2 N–H and O–H groups in total. The van der Waals surface area contributed by atoms with Crippen LogP contribution >= 0.6 is 11.8 Å². The molecule has 0 saturated carbocycles. The monoisotopic (exact) mass is 272 g/mol. The van der Waals surface area contributed by atoms with Crippen molar-refractivity contribution in [3.05, 3.63) is 6.33 Å². The molecular weight excluding hydrogens is 256 g/mol. The third-order valence-electron chi connectivity index (χ3n) is 2.31. The van der Waals surface area contributed by atoms with Crippen molar-refractivity contribution in [2.75, 3.05) is 12.8 Å². The predicted octanol–water partition coefficient (Wildman–Crippen LogP) is 0.227. The largest absolute Gasteiger partial charge is 0.481 e. The fourth-order valence-corrected chi connectivity index (χ4v) is 2.06. The standard InChI is InChI=1S/C10H16N4O3S/c1-10(2,8(17)11-3)5-14-6-12-13-9(14)18-4-7(15)16/h6H,4-5H2,1-3H3,(H,11,17)(H,15,16). The third-order valence-corrected chi connectivity index (χ3v) is 3.28. The first-order valence-electron chi connectivity index (χ1n) is 5.31.